The van der Waals surface area contributed by atoms with Gasteiger partial charge in [-0.25, -0.2) is 4.79 Å². The molecule has 6 nitrogen and oxygen atoms in total. The number of urea groups is 1. The second kappa shape index (κ2) is 6.22. The zero-order chi connectivity index (χ0) is 12.8. The van der Waals surface area contributed by atoms with E-state index >= 15 is 0 Å². The summed E-state index contributed by atoms with van der Waals surface area (Å²) in [6, 6.07) is -0.383. The van der Waals surface area contributed by atoms with Crippen LogP contribution in [0.4, 0.5) is 4.79 Å². The van der Waals surface area contributed by atoms with Gasteiger partial charge in [0.25, 0.3) is 0 Å². The normalized spacial score (nSPS) is 15.4. The highest BCUT2D eigenvalue weighted by atomic mass is 16.2. The average Bonchev–Trinajstić information content (AvgIpc) is 2.62. The van der Waals surface area contributed by atoms with Crippen LogP contribution in [0.1, 0.15) is 26.7 Å². The molecule has 0 aromatic heterocycles. The Labute approximate surface area is 101 Å². The summed E-state index contributed by atoms with van der Waals surface area (Å²) in [5, 5.41) is 5.17. The van der Waals surface area contributed by atoms with E-state index in [1.807, 2.05) is 13.8 Å². The third-order valence-electron chi connectivity index (χ3n) is 2.93. The van der Waals surface area contributed by atoms with E-state index in [4.69, 9.17) is 0 Å². The number of imide groups is 1. The van der Waals surface area contributed by atoms with Crippen molar-refractivity contribution in [3.8, 4) is 0 Å². The number of rotatable bonds is 6. The molecule has 0 aliphatic carbocycles. The van der Waals surface area contributed by atoms with Crippen molar-refractivity contribution in [3.63, 3.8) is 0 Å². The lowest BCUT2D eigenvalue weighted by Crippen LogP contribution is -2.40. The average molecular weight is 241 g/mol. The molecule has 1 fully saturated rings. The van der Waals surface area contributed by atoms with E-state index in [2.05, 4.69) is 10.6 Å². The van der Waals surface area contributed by atoms with Crippen LogP contribution >= 0.6 is 0 Å². The second-order valence-corrected chi connectivity index (χ2v) is 4.01. The fraction of sp³-hybridized carbons (Fsp3) is 0.727. The Morgan fingerprint density at radius 3 is 2.53 bits per heavy atom. The van der Waals surface area contributed by atoms with Crippen LogP contribution in [0.5, 0.6) is 0 Å². The van der Waals surface area contributed by atoms with Gasteiger partial charge in [0.05, 0.1) is 6.54 Å². The topological polar surface area (TPSA) is 78.5 Å². The summed E-state index contributed by atoms with van der Waals surface area (Å²) in [6.45, 7) is 4.53. The summed E-state index contributed by atoms with van der Waals surface area (Å²) in [7, 11) is 0. The van der Waals surface area contributed by atoms with Crippen molar-refractivity contribution >= 4 is 17.8 Å². The van der Waals surface area contributed by atoms with E-state index in [0.29, 0.717) is 6.54 Å². The van der Waals surface area contributed by atoms with Crippen molar-refractivity contribution in [2.24, 2.45) is 5.92 Å². The first-order valence-electron chi connectivity index (χ1n) is 5.96. The maximum Gasteiger partial charge on any atom is 0.324 e. The molecule has 0 aromatic rings. The van der Waals surface area contributed by atoms with E-state index in [-0.39, 0.29) is 36.9 Å². The lowest BCUT2D eigenvalue weighted by Gasteiger charge is -2.15. The van der Waals surface area contributed by atoms with Gasteiger partial charge in [0.15, 0.2) is 0 Å². The van der Waals surface area contributed by atoms with E-state index < -0.39 is 0 Å². The summed E-state index contributed by atoms with van der Waals surface area (Å²) in [5.41, 5.74) is 0. The molecule has 1 rings (SSSR count). The van der Waals surface area contributed by atoms with Gasteiger partial charge in [-0.3, -0.25) is 14.5 Å². The minimum atomic E-state index is -0.383. The number of amides is 4. The summed E-state index contributed by atoms with van der Waals surface area (Å²) < 4.78 is 0. The first-order valence-corrected chi connectivity index (χ1v) is 5.96. The van der Waals surface area contributed by atoms with Crippen molar-refractivity contribution in [1.29, 1.82) is 0 Å². The molecule has 1 saturated heterocycles. The molecule has 0 bridgehead atoms. The van der Waals surface area contributed by atoms with Gasteiger partial charge in [-0.05, 0) is 12.8 Å². The number of nitrogens with zero attached hydrogens (tertiary/aromatic N) is 1. The third kappa shape index (κ3) is 3.44. The highest BCUT2D eigenvalue weighted by Gasteiger charge is 2.27. The largest absolute Gasteiger partial charge is 0.354 e. The molecule has 0 unspecified atom stereocenters. The Morgan fingerprint density at radius 1 is 1.41 bits per heavy atom. The van der Waals surface area contributed by atoms with Crippen molar-refractivity contribution in [1.82, 2.24) is 15.5 Å². The van der Waals surface area contributed by atoms with E-state index in [1.54, 1.807) is 0 Å². The molecular formula is C11H19N3O3. The van der Waals surface area contributed by atoms with Gasteiger partial charge >= 0.3 is 6.03 Å². The van der Waals surface area contributed by atoms with Crippen LogP contribution in [0, 0.1) is 5.92 Å². The van der Waals surface area contributed by atoms with Crippen molar-refractivity contribution in [2.45, 2.75) is 26.7 Å². The quantitative estimate of drug-likeness (QED) is 0.647. The maximum atomic E-state index is 11.6. The molecule has 0 radical (unpaired) electrons. The summed E-state index contributed by atoms with van der Waals surface area (Å²) >= 11 is 0. The SMILES string of the molecule is CCC(CC)C(=O)NCCN1C(=O)CNC1=O. The molecule has 17 heavy (non-hydrogen) atoms. The number of carbonyl (C=O) groups is 3. The minimum absolute atomic E-state index is 0.0120. The Balaban J connectivity index is 2.30. The zero-order valence-electron chi connectivity index (χ0n) is 10.3. The third-order valence-corrected chi connectivity index (χ3v) is 2.93. The van der Waals surface area contributed by atoms with Gasteiger partial charge in [0.1, 0.15) is 0 Å². The predicted molar refractivity (Wildman–Crippen MR) is 62.2 cm³/mol. The van der Waals surface area contributed by atoms with Gasteiger partial charge in [0.2, 0.25) is 11.8 Å². The first-order chi connectivity index (χ1) is 8.10. The van der Waals surface area contributed by atoms with Crippen LogP contribution in [-0.4, -0.2) is 42.4 Å². The number of hydrogen-bond donors (Lipinski definition) is 2. The molecule has 0 atom stereocenters. The molecule has 0 spiro atoms. The van der Waals surface area contributed by atoms with Crippen molar-refractivity contribution < 1.29 is 14.4 Å². The van der Waals surface area contributed by atoms with Gasteiger partial charge in [-0.1, -0.05) is 13.8 Å². The fourth-order valence-electron chi connectivity index (χ4n) is 1.78. The molecule has 1 aliphatic rings. The smallest absolute Gasteiger partial charge is 0.324 e. The summed E-state index contributed by atoms with van der Waals surface area (Å²) in [5.74, 6) is -0.244. The molecular weight excluding hydrogens is 222 g/mol. The van der Waals surface area contributed by atoms with E-state index in [9.17, 15) is 14.4 Å². The summed E-state index contributed by atoms with van der Waals surface area (Å²) in [4.78, 5) is 35.2. The Bertz CT molecular complexity index is 297. The van der Waals surface area contributed by atoms with Crippen LogP contribution in [0.3, 0.4) is 0 Å². The predicted octanol–water partition coefficient (Wildman–Crippen LogP) is 0.0906. The second-order valence-electron chi connectivity index (χ2n) is 4.01. The van der Waals surface area contributed by atoms with E-state index in [1.165, 1.54) is 0 Å². The number of carbonyl (C=O) groups excluding carboxylic acids is 3. The lowest BCUT2D eigenvalue weighted by molar-refractivity contribution is -0.127. The molecule has 4 amide bonds. The molecule has 96 valence electrons. The van der Waals surface area contributed by atoms with Gasteiger partial charge in [0, 0.05) is 19.0 Å². The summed E-state index contributed by atoms with van der Waals surface area (Å²) in [6.07, 6.45) is 1.59. The first kappa shape index (κ1) is 13.5. The molecule has 1 heterocycles. The molecule has 2 N–H and O–H groups in total. The molecule has 1 aliphatic heterocycles. The maximum absolute atomic E-state index is 11.6. The Hall–Kier alpha value is -1.59. The van der Waals surface area contributed by atoms with Crippen molar-refractivity contribution in [3.05, 3.63) is 0 Å². The Morgan fingerprint density at radius 2 is 2.06 bits per heavy atom. The van der Waals surface area contributed by atoms with Crippen LogP contribution in [0.2, 0.25) is 0 Å². The van der Waals surface area contributed by atoms with Crippen LogP contribution in [-0.2, 0) is 9.59 Å². The standard InChI is InChI=1S/C11H19N3O3/c1-3-8(4-2)10(16)12-5-6-14-9(15)7-13-11(14)17/h8H,3-7H2,1-2H3,(H,12,16)(H,13,17). The van der Waals surface area contributed by atoms with Gasteiger partial charge in [-0.15, -0.1) is 0 Å². The molecule has 6 heteroatoms. The fourth-order valence-corrected chi connectivity index (χ4v) is 1.78. The van der Waals surface area contributed by atoms with Crippen molar-refractivity contribution in [2.75, 3.05) is 19.6 Å². The molecule has 0 aromatic carbocycles. The number of hydrogen-bond acceptors (Lipinski definition) is 3. The van der Waals surface area contributed by atoms with Crippen LogP contribution in [0.25, 0.3) is 0 Å². The minimum Gasteiger partial charge on any atom is -0.354 e. The molecule has 0 saturated carbocycles. The highest BCUT2D eigenvalue weighted by molar-refractivity contribution is 6.01. The lowest BCUT2D eigenvalue weighted by atomic mass is 10.0. The van der Waals surface area contributed by atoms with Crippen LogP contribution < -0.4 is 10.6 Å². The zero-order valence-corrected chi connectivity index (χ0v) is 10.3. The highest BCUT2D eigenvalue weighted by Crippen LogP contribution is 2.06. The van der Waals surface area contributed by atoms with Gasteiger partial charge < -0.3 is 10.6 Å². The van der Waals surface area contributed by atoms with E-state index in [0.717, 1.165) is 17.7 Å². The van der Waals surface area contributed by atoms with Crippen LogP contribution in [0.15, 0.2) is 0 Å². The Kier molecular flexibility index (Phi) is 4.93. The number of nitrogens with one attached hydrogen (secondary N) is 2. The van der Waals surface area contributed by atoms with Gasteiger partial charge in [-0.2, -0.15) is 0 Å². The monoisotopic (exact) mass is 241 g/mol.